The summed E-state index contributed by atoms with van der Waals surface area (Å²) in [7, 11) is 0.810. The van der Waals surface area contributed by atoms with E-state index in [1.807, 2.05) is 5.32 Å². The summed E-state index contributed by atoms with van der Waals surface area (Å²) in [6.07, 6.45) is -3.97. The van der Waals surface area contributed by atoms with Gasteiger partial charge in [-0.3, -0.25) is 10.1 Å². The van der Waals surface area contributed by atoms with E-state index in [-0.39, 0.29) is 12.2 Å². The molecule has 0 saturated heterocycles. The summed E-state index contributed by atoms with van der Waals surface area (Å²) in [5, 5.41) is 3.71. The van der Waals surface area contributed by atoms with Crippen LogP contribution in [-0.2, 0) is 14.3 Å². The van der Waals surface area contributed by atoms with Gasteiger partial charge in [0.05, 0.1) is 13.3 Å². The molecule has 0 aromatic carbocycles. The van der Waals surface area contributed by atoms with Crippen molar-refractivity contribution in [3.8, 4) is 0 Å². The zero-order valence-corrected chi connectivity index (χ0v) is 12.3. The summed E-state index contributed by atoms with van der Waals surface area (Å²) in [6, 6.07) is 3.12. The van der Waals surface area contributed by atoms with Crippen LogP contribution in [0.3, 0.4) is 0 Å². The standard InChI is InChI=1S/C13H16F3N3O3/c1-4-9(20)18-12(11(21)22-3,13(14,15)16)19-10-8(2)6-5-7-17-10/h5-7H,4H2,1-3H3,(H,17,19)(H,18,20)/p+1/t12-/m1/s1. The Morgan fingerprint density at radius 3 is 2.45 bits per heavy atom. The Morgan fingerprint density at radius 1 is 1.36 bits per heavy atom. The van der Waals surface area contributed by atoms with Crippen molar-refractivity contribution in [3.05, 3.63) is 23.9 Å². The predicted octanol–water partition coefficient (Wildman–Crippen LogP) is 1.18. The van der Waals surface area contributed by atoms with Crippen molar-refractivity contribution in [3.63, 3.8) is 0 Å². The summed E-state index contributed by atoms with van der Waals surface area (Å²) in [5.41, 5.74) is -2.96. The number of pyridine rings is 1. The van der Waals surface area contributed by atoms with E-state index in [9.17, 15) is 22.8 Å². The van der Waals surface area contributed by atoms with Crippen molar-refractivity contribution >= 4 is 17.7 Å². The lowest BCUT2D eigenvalue weighted by molar-refractivity contribution is -0.363. The summed E-state index contributed by atoms with van der Waals surface area (Å²) in [4.78, 5) is 25.9. The topological polar surface area (TPSA) is 81.6 Å². The number of esters is 1. The Kier molecular flexibility index (Phi) is 5.34. The number of halogens is 3. The first kappa shape index (κ1) is 17.7. The number of nitrogens with one attached hydrogen (secondary N) is 3. The minimum absolute atomic E-state index is 0.0679. The van der Waals surface area contributed by atoms with Crippen LogP contribution in [0.15, 0.2) is 18.3 Å². The number of aromatic nitrogens is 1. The van der Waals surface area contributed by atoms with Crippen molar-refractivity contribution in [1.82, 2.24) is 5.32 Å². The maximum Gasteiger partial charge on any atom is 0.464 e. The van der Waals surface area contributed by atoms with Crippen LogP contribution in [0.1, 0.15) is 18.9 Å². The number of hydrogen-bond donors (Lipinski definition) is 2. The van der Waals surface area contributed by atoms with Gasteiger partial charge in [-0.15, -0.1) is 0 Å². The average molecular weight is 320 g/mol. The molecule has 1 rings (SSSR count). The van der Waals surface area contributed by atoms with Gasteiger partial charge in [0.15, 0.2) is 0 Å². The molecule has 0 radical (unpaired) electrons. The number of hydrogen-bond acceptors (Lipinski definition) is 4. The first-order chi connectivity index (χ1) is 10.2. The Balaban J connectivity index is 3.39. The molecule has 1 aromatic rings. The fourth-order valence-corrected chi connectivity index (χ4v) is 1.68. The molecule has 0 aliphatic rings. The van der Waals surface area contributed by atoms with Gasteiger partial charge < -0.3 is 4.74 Å². The van der Waals surface area contributed by atoms with Crippen LogP contribution in [0, 0.1) is 6.92 Å². The third-order valence-corrected chi connectivity index (χ3v) is 2.94. The normalized spacial score (nSPS) is 13.9. The quantitative estimate of drug-likeness (QED) is 0.630. The highest BCUT2D eigenvalue weighted by Gasteiger charge is 2.67. The van der Waals surface area contributed by atoms with E-state index < -0.39 is 23.7 Å². The van der Waals surface area contributed by atoms with E-state index in [1.54, 1.807) is 24.4 Å². The zero-order chi connectivity index (χ0) is 17.0. The average Bonchev–Trinajstić information content (AvgIpc) is 2.46. The second kappa shape index (κ2) is 6.63. The van der Waals surface area contributed by atoms with Gasteiger partial charge in [0.1, 0.15) is 0 Å². The van der Waals surface area contributed by atoms with Crippen molar-refractivity contribution < 1.29 is 32.5 Å². The number of amides is 1. The minimum Gasteiger partial charge on any atom is -0.464 e. The lowest BCUT2D eigenvalue weighted by Crippen LogP contribution is -2.69. The minimum atomic E-state index is -5.12. The van der Waals surface area contributed by atoms with Crippen LogP contribution >= 0.6 is 0 Å². The molecule has 1 atom stereocenters. The van der Waals surface area contributed by atoms with Gasteiger partial charge in [-0.1, -0.05) is 6.92 Å². The van der Waals surface area contributed by atoms with Crippen LogP contribution in [0.5, 0.6) is 0 Å². The number of ether oxygens (including phenoxy) is 1. The number of rotatable bonds is 5. The van der Waals surface area contributed by atoms with Gasteiger partial charge in [-0.05, 0) is 19.1 Å². The Morgan fingerprint density at radius 2 is 2.00 bits per heavy atom. The molecular weight excluding hydrogens is 303 g/mol. The second-order valence-electron chi connectivity index (χ2n) is 4.49. The van der Waals surface area contributed by atoms with Crippen LogP contribution < -0.4 is 15.6 Å². The van der Waals surface area contributed by atoms with Crippen LogP contribution in [0.25, 0.3) is 0 Å². The van der Waals surface area contributed by atoms with Gasteiger partial charge in [0.2, 0.25) is 5.91 Å². The van der Waals surface area contributed by atoms with E-state index in [0.29, 0.717) is 5.56 Å². The molecule has 0 aliphatic heterocycles. The fourth-order valence-electron chi connectivity index (χ4n) is 1.68. The summed E-state index contributed by atoms with van der Waals surface area (Å²) in [6.45, 7) is 2.91. The number of H-pyrrole nitrogens is 1. The van der Waals surface area contributed by atoms with E-state index >= 15 is 0 Å². The number of alkyl halides is 3. The molecule has 22 heavy (non-hydrogen) atoms. The number of carbonyl (C=O) groups is 2. The lowest BCUT2D eigenvalue weighted by Gasteiger charge is -2.30. The number of carbonyl (C=O) groups excluding carboxylic acids is 2. The van der Waals surface area contributed by atoms with Crippen LogP contribution in [0.2, 0.25) is 0 Å². The van der Waals surface area contributed by atoms with E-state index in [2.05, 4.69) is 9.72 Å². The van der Waals surface area contributed by atoms with E-state index in [4.69, 9.17) is 0 Å². The Hall–Kier alpha value is -2.32. The second-order valence-corrected chi connectivity index (χ2v) is 4.49. The highest BCUT2D eigenvalue weighted by Crippen LogP contribution is 2.32. The maximum absolute atomic E-state index is 13.5. The van der Waals surface area contributed by atoms with Crippen LogP contribution in [0.4, 0.5) is 19.0 Å². The number of anilines is 1. The SMILES string of the molecule is CCC(=O)N[C@@](Nc1[nH+]cccc1C)(C(=O)OC)C(F)(F)F. The molecule has 6 nitrogen and oxygen atoms in total. The Labute approximate surface area is 125 Å². The van der Waals surface area contributed by atoms with Gasteiger partial charge in [-0.2, -0.15) is 13.2 Å². The summed E-state index contributed by atoms with van der Waals surface area (Å²) in [5.74, 6) is -2.69. The van der Waals surface area contributed by atoms with Gasteiger partial charge in [0, 0.05) is 12.0 Å². The summed E-state index contributed by atoms with van der Waals surface area (Å²) < 4.78 is 44.9. The molecular formula is C13H17F3N3O3+. The van der Waals surface area contributed by atoms with Crippen molar-refractivity contribution in [2.45, 2.75) is 32.1 Å². The molecule has 1 aromatic heterocycles. The predicted molar refractivity (Wildman–Crippen MR) is 70.6 cm³/mol. The van der Waals surface area contributed by atoms with E-state index in [0.717, 1.165) is 7.11 Å². The molecule has 0 unspecified atom stereocenters. The first-order valence-corrected chi connectivity index (χ1v) is 6.39. The molecule has 1 heterocycles. The molecule has 0 fully saturated rings. The monoisotopic (exact) mass is 320 g/mol. The molecule has 122 valence electrons. The number of aryl methyl sites for hydroxylation is 1. The highest BCUT2D eigenvalue weighted by atomic mass is 19.4. The Bertz CT molecular complexity index is 563. The van der Waals surface area contributed by atoms with Gasteiger partial charge in [-0.25, -0.2) is 15.1 Å². The van der Waals surface area contributed by atoms with E-state index in [1.165, 1.54) is 13.1 Å². The molecule has 0 saturated carbocycles. The fraction of sp³-hybridized carbons (Fsp3) is 0.462. The lowest BCUT2D eigenvalue weighted by atomic mass is 10.1. The maximum atomic E-state index is 13.5. The number of aromatic amines is 1. The highest BCUT2D eigenvalue weighted by molar-refractivity contribution is 5.91. The molecule has 0 aliphatic carbocycles. The smallest absolute Gasteiger partial charge is 0.464 e. The van der Waals surface area contributed by atoms with Crippen LogP contribution in [-0.4, -0.2) is 30.8 Å². The molecule has 1 amide bonds. The zero-order valence-electron chi connectivity index (χ0n) is 12.3. The summed E-state index contributed by atoms with van der Waals surface area (Å²) >= 11 is 0. The van der Waals surface area contributed by atoms with Crippen molar-refractivity contribution in [2.24, 2.45) is 0 Å². The first-order valence-electron chi connectivity index (χ1n) is 6.39. The third-order valence-electron chi connectivity index (χ3n) is 2.94. The molecule has 0 spiro atoms. The van der Waals surface area contributed by atoms with Crippen molar-refractivity contribution in [2.75, 3.05) is 12.4 Å². The number of methoxy groups -OCH3 is 1. The molecule has 9 heteroatoms. The van der Waals surface area contributed by atoms with Gasteiger partial charge >= 0.3 is 17.8 Å². The van der Waals surface area contributed by atoms with Crippen molar-refractivity contribution in [1.29, 1.82) is 0 Å². The third kappa shape index (κ3) is 3.46. The largest absolute Gasteiger partial charge is 0.464 e. The van der Waals surface area contributed by atoms with Gasteiger partial charge in [0.25, 0.3) is 5.82 Å². The molecule has 3 N–H and O–H groups in total. The molecule has 0 bridgehead atoms.